The number of carbonyl (C=O) groups is 1. The van der Waals surface area contributed by atoms with Crippen LogP contribution in [0.15, 0.2) is 24.3 Å². The Labute approximate surface area is 110 Å². The van der Waals surface area contributed by atoms with Crippen LogP contribution in [0.5, 0.6) is 5.75 Å². The molecular weight excluding hydrogens is 254 g/mol. The van der Waals surface area contributed by atoms with Gasteiger partial charge >= 0.3 is 6.61 Å². The fourth-order valence-corrected chi connectivity index (χ4v) is 1.60. The molecule has 2 rings (SSSR count). The van der Waals surface area contributed by atoms with E-state index in [-0.39, 0.29) is 17.7 Å². The highest BCUT2D eigenvalue weighted by Crippen LogP contribution is 2.20. The topological polar surface area (TPSA) is 50.4 Å². The molecule has 1 saturated carbocycles. The SMILES string of the molecule is CC(Nc1ccc(OC(F)F)cc1)C(=O)NC1CC1. The summed E-state index contributed by atoms with van der Waals surface area (Å²) in [5.41, 5.74) is 0.681. The minimum atomic E-state index is -2.83. The number of alkyl halides is 2. The van der Waals surface area contributed by atoms with Crippen molar-refractivity contribution >= 4 is 11.6 Å². The van der Waals surface area contributed by atoms with Gasteiger partial charge in [0.2, 0.25) is 5.91 Å². The summed E-state index contributed by atoms with van der Waals surface area (Å²) in [6.07, 6.45) is 2.08. The van der Waals surface area contributed by atoms with Crippen molar-refractivity contribution in [2.45, 2.75) is 38.5 Å². The molecule has 1 atom stereocenters. The Bertz CT molecular complexity index is 433. The fraction of sp³-hybridized carbons (Fsp3) is 0.462. The molecule has 104 valence electrons. The van der Waals surface area contributed by atoms with Gasteiger partial charge in [-0.05, 0) is 44.0 Å². The summed E-state index contributed by atoms with van der Waals surface area (Å²) in [6, 6.07) is 6.00. The van der Waals surface area contributed by atoms with Crippen molar-refractivity contribution < 1.29 is 18.3 Å². The third-order valence-corrected chi connectivity index (χ3v) is 2.78. The van der Waals surface area contributed by atoms with E-state index in [0.29, 0.717) is 11.7 Å². The maximum absolute atomic E-state index is 12.0. The van der Waals surface area contributed by atoms with Crippen LogP contribution >= 0.6 is 0 Å². The van der Waals surface area contributed by atoms with Crippen LogP contribution in [-0.2, 0) is 4.79 Å². The standard InChI is InChI=1S/C13H16F2N2O2/c1-8(12(18)17-10-2-3-10)16-9-4-6-11(7-5-9)19-13(14)15/h4-8,10,13,16H,2-3H2,1H3,(H,17,18). The maximum Gasteiger partial charge on any atom is 0.387 e. The summed E-state index contributed by atoms with van der Waals surface area (Å²) >= 11 is 0. The molecule has 4 nitrogen and oxygen atoms in total. The second kappa shape index (κ2) is 5.86. The third-order valence-electron chi connectivity index (χ3n) is 2.78. The summed E-state index contributed by atoms with van der Waals surface area (Å²) in [5, 5.41) is 5.89. The van der Waals surface area contributed by atoms with E-state index in [1.807, 2.05) is 0 Å². The van der Waals surface area contributed by atoms with Gasteiger partial charge in [0.05, 0.1) is 0 Å². The predicted octanol–water partition coefficient (Wildman–Crippen LogP) is 2.37. The molecule has 2 N–H and O–H groups in total. The van der Waals surface area contributed by atoms with Crippen molar-refractivity contribution in [3.8, 4) is 5.75 Å². The van der Waals surface area contributed by atoms with Gasteiger partial charge in [0, 0.05) is 11.7 Å². The lowest BCUT2D eigenvalue weighted by Crippen LogP contribution is -2.38. The second-order valence-corrected chi connectivity index (χ2v) is 4.55. The maximum atomic E-state index is 12.0. The van der Waals surface area contributed by atoms with Crippen LogP contribution in [0.2, 0.25) is 0 Å². The molecule has 6 heteroatoms. The van der Waals surface area contributed by atoms with Crippen LogP contribution in [0.3, 0.4) is 0 Å². The van der Waals surface area contributed by atoms with Crippen molar-refractivity contribution in [3.63, 3.8) is 0 Å². The molecule has 0 spiro atoms. The molecule has 0 heterocycles. The molecule has 19 heavy (non-hydrogen) atoms. The molecule has 1 unspecified atom stereocenters. The first-order valence-electron chi connectivity index (χ1n) is 6.16. The number of rotatable bonds is 6. The van der Waals surface area contributed by atoms with E-state index < -0.39 is 6.61 Å². The number of carbonyl (C=O) groups excluding carboxylic acids is 1. The van der Waals surface area contributed by atoms with E-state index in [4.69, 9.17) is 0 Å². The van der Waals surface area contributed by atoms with Crippen molar-refractivity contribution in [2.24, 2.45) is 0 Å². The molecule has 1 aliphatic rings. The smallest absolute Gasteiger partial charge is 0.387 e. The van der Waals surface area contributed by atoms with Crippen LogP contribution in [0.25, 0.3) is 0 Å². The highest BCUT2D eigenvalue weighted by molar-refractivity contribution is 5.84. The number of benzene rings is 1. The van der Waals surface area contributed by atoms with Gasteiger partial charge in [-0.2, -0.15) is 8.78 Å². The van der Waals surface area contributed by atoms with Crippen LogP contribution in [0.1, 0.15) is 19.8 Å². The quantitative estimate of drug-likeness (QED) is 0.834. The minimum Gasteiger partial charge on any atom is -0.435 e. The van der Waals surface area contributed by atoms with Gasteiger partial charge in [0.25, 0.3) is 0 Å². The molecule has 1 amide bonds. The van der Waals surface area contributed by atoms with E-state index >= 15 is 0 Å². The van der Waals surface area contributed by atoms with Gasteiger partial charge in [0.1, 0.15) is 11.8 Å². The first-order valence-corrected chi connectivity index (χ1v) is 6.16. The summed E-state index contributed by atoms with van der Waals surface area (Å²) in [5.74, 6) is 0.0334. The van der Waals surface area contributed by atoms with Crippen molar-refractivity contribution in [1.29, 1.82) is 0 Å². The zero-order valence-corrected chi connectivity index (χ0v) is 10.5. The minimum absolute atomic E-state index is 0.0598. The Morgan fingerprint density at radius 3 is 2.47 bits per heavy atom. The van der Waals surface area contributed by atoms with Crippen LogP contribution in [0, 0.1) is 0 Å². The molecule has 1 aliphatic carbocycles. The third kappa shape index (κ3) is 4.39. The number of nitrogens with one attached hydrogen (secondary N) is 2. The largest absolute Gasteiger partial charge is 0.435 e. The number of hydrogen-bond acceptors (Lipinski definition) is 3. The molecule has 1 aromatic rings. The van der Waals surface area contributed by atoms with E-state index in [0.717, 1.165) is 12.8 Å². The molecule has 1 aromatic carbocycles. The highest BCUT2D eigenvalue weighted by atomic mass is 19.3. The Hall–Kier alpha value is -1.85. The van der Waals surface area contributed by atoms with E-state index in [2.05, 4.69) is 15.4 Å². The van der Waals surface area contributed by atoms with Gasteiger partial charge < -0.3 is 15.4 Å². The van der Waals surface area contributed by atoms with E-state index in [1.165, 1.54) is 12.1 Å². The van der Waals surface area contributed by atoms with Crippen molar-refractivity contribution in [1.82, 2.24) is 5.32 Å². The Morgan fingerprint density at radius 2 is 1.95 bits per heavy atom. The Kier molecular flexibility index (Phi) is 4.19. The van der Waals surface area contributed by atoms with Crippen molar-refractivity contribution in [3.05, 3.63) is 24.3 Å². The number of anilines is 1. The average Bonchev–Trinajstić information content (AvgIpc) is 3.14. The average molecular weight is 270 g/mol. The van der Waals surface area contributed by atoms with Gasteiger partial charge in [-0.3, -0.25) is 4.79 Å². The summed E-state index contributed by atoms with van der Waals surface area (Å²) in [7, 11) is 0. The first kappa shape index (κ1) is 13.6. The summed E-state index contributed by atoms with van der Waals surface area (Å²) < 4.78 is 28.2. The first-order chi connectivity index (χ1) is 9.04. The van der Waals surface area contributed by atoms with Crippen molar-refractivity contribution in [2.75, 3.05) is 5.32 Å². The molecule has 0 aromatic heterocycles. The number of halogens is 2. The molecular formula is C13H16F2N2O2. The van der Waals surface area contributed by atoms with E-state index in [9.17, 15) is 13.6 Å². The lowest BCUT2D eigenvalue weighted by molar-refractivity contribution is -0.121. The summed E-state index contributed by atoms with van der Waals surface area (Å²) in [4.78, 5) is 11.7. The summed E-state index contributed by atoms with van der Waals surface area (Å²) in [6.45, 7) is -1.08. The number of ether oxygens (including phenoxy) is 1. The number of amides is 1. The molecule has 1 fully saturated rings. The normalized spacial score (nSPS) is 16.0. The monoisotopic (exact) mass is 270 g/mol. The Morgan fingerprint density at radius 1 is 1.32 bits per heavy atom. The zero-order valence-electron chi connectivity index (χ0n) is 10.5. The van der Waals surface area contributed by atoms with E-state index in [1.54, 1.807) is 19.1 Å². The molecule has 0 bridgehead atoms. The van der Waals surface area contributed by atoms with Gasteiger partial charge in [-0.25, -0.2) is 0 Å². The zero-order chi connectivity index (χ0) is 13.8. The lowest BCUT2D eigenvalue weighted by Gasteiger charge is -2.15. The Balaban J connectivity index is 1.85. The highest BCUT2D eigenvalue weighted by Gasteiger charge is 2.25. The molecule has 0 saturated heterocycles. The molecule has 0 radical (unpaired) electrons. The fourth-order valence-electron chi connectivity index (χ4n) is 1.60. The van der Waals surface area contributed by atoms with Gasteiger partial charge in [-0.15, -0.1) is 0 Å². The van der Waals surface area contributed by atoms with Gasteiger partial charge in [0.15, 0.2) is 0 Å². The van der Waals surface area contributed by atoms with Crippen LogP contribution in [0.4, 0.5) is 14.5 Å². The number of hydrogen-bond donors (Lipinski definition) is 2. The predicted molar refractivity (Wildman–Crippen MR) is 67.3 cm³/mol. The lowest BCUT2D eigenvalue weighted by atomic mass is 10.2. The van der Waals surface area contributed by atoms with Crippen LogP contribution < -0.4 is 15.4 Å². The molecule has 0 aliphatic heterocycles. The second-order valence-electron chi connectivity index (χ2n) is 4.55. The van der Waals surface area contributed by atoms with Gasteiger partial charge in [-0.1, -0.05) is 0 Å². The van der Waals surface area contributed by atoms with Crippen LogP contribution in [-0.4, -0.2) is 24.6 Å².